The van der Waals surface area contributed by atoms with Crippen molar-refractivity contribution >= 4 is 29.0 Å². The van der Waals surface area contributed by atoms with Gasteiger partial charge in [-0.2, -0.15) is 9.97 Å². The summed E-state index contributed by atoms with van der Waals surface area (Å²) in [6.07, 6.45) is 5.87. The van der Waals surface area contributed by atoms with Gasteiger partial charge in [0.05, 0.1) is 20.3 Å². The molecular weight excluding hydrogens is 499 g/mol. The fourth-order valence-corrected chi connectivity index (χ4v) is 5.30. The predicted molar refractivity (Wildman–Crippen MR) is 151 cm³/mol. The first-order valence-electron chi connectivity index (χ1n) is 13.6. The van der Waals surface area contributed by atoms with E-state index in [0.29, 0.717) is 23.5 Å². The molecule has 0 bridgehead atoms. The Morgan fingerprint density at radius 3 is 2.31 bits per heavy atom. The van der Waals surface area contributed by atoms with Gasteiger partial charge < -0.3 is 35.4 Å². The molecule has 1 saturated heterocycles. The second kappa shape index (κ2) is 12.5. The maximum absolute atomic E-state index is 14.3. The minimum Gasteiger partial charge on any atom is -0.497 e. The van der Waals surface area contributed by atoms with E-state index in [4.69, 9.17) is 14.5 Å². The number of aromatic nitrogens is 2. The molecule has 4 N–H and O–H groups in total. The van der Waals surface area contributed by atoms with Crippen LogP contribution in [0.5, 0.6) is 11.5 Å². The molecule has 0 radical (unpaired) electrons. The molecule has 2 aliphatic rings. The van der Waals surface area contributed by atoms with Crippen molar-refractivity contribution in [3.8, 4) is 11.5 Å². The normalized spacial score (nSPS) is 19.9. The average Bonchev–Trinajstić information content (AvgIpc) is 2.95. The minimum absolute atomic E-state index is 0.183. The number of nitrogens with zero attached hydrogens (tertiary/aromatic N) is 3. The maximum atomic E-state index is 14.3. The zero-order chi connectivity index (χ0) is 27.2. The number of ether oxygens (including phenoxy) is 2. The molecule has 0 amide bonds. The van der Waals surface area contributed by atoms with Crippen LogP contribution in [-0.4, -0.2) is 60.6 Å². The molecule has 1 aromatic heterocycles. The number of aliphatic hydroxyl groups is 1. The highest BCUT2D eigenvalue weighted by Crippen LogP contribution is 2.28. The summed E-state index contributed by atoms with van der Waals surface area (Å²) < 4.78 is 24.6. The van der Waals surface area contributed by atoms with Crippen molar-refractivity contribution in [2.45, 2.75) is 56.7 Å². The van der Waals surface area contributed by atoms with E-state index in [2.05, 4.69) is 25.8 Å². The highest BCUT2D eigenvalue weighted by molar-refractivity contribution is 5.65. The van der Waals surface area contributed by atoms with Crippen molar-refractivity contribution in [3.05, 3.63) is 54.3 Å². The lowest BCUT2D eigenvalue weighted by Gasteiger charge is -2.37. The number of methoxy groups -OCH3 is 2. The van der Waals surface area contributed by atoms with Gasteiger partial charge in [-0.15, -0.1) is 0 Å². The molecule has 0 spiro atoms. The van der Waals surface area contributed by atoms with E-state index in [1.165, 1.54) is 19.6 Å². The van der Waals surface area contributed by atoms with Gasteiger partial charge in [0, 0.05) is 48.7 Å². The molecule has 2 heterocycles. The molecule has 2 fully saturated rings. The van der Waals surface area contributed by atoms with Gasteiger partial charge >= 0.3 is 0 Å². The molecular formula is C29H37FN6O3. The second-order valence-electron chi connectivity index (χ2n) is 10.1. The Bertz CT molecular complexity index is 1240. The summed E-state index contributed by atoms with van der Waals surface area (Å²) in [5.74, 6) is 2.25. The van der Waals surface area contributed by atoms with E-state index in [1.807, 2.05) is 30.3 Å². The average molecular weight is 537 g/mol. The molecule has 208 valence electrons. The van der Waals surface area contributed by atoms with Crippen molar-refractivity contribution in [2.75, 3.05) is 42.8 Å². The maximum Gasteiger partial charge on any atom is 0.231 e. The van der Waals surface area contributed by atoms with Crippen molar-refractivity contribution in [1.29, 1.82) is 0 Å². The zero-order valence-electron chi connectivity index (χ0n) is 22.5. The number of benzene rings is 2. The summed E-state index contributed by atoms with van der Waals surface area (Å²) in [7, 11) is 3.07. The summed E-state index contributed by atoms with van der Waals surface area (Å²) in [6, 6.07) is 14.7. The van der Waals surface area contributed by atoms with Crippen molar-refractivity contribution in [2.24, 2.45) is 0 Å². The number of anilines is 5. The van der Waals surface area contributed by atoms with Gasteiger partial charge in [0.1, 0.15) is 17.4 Å². The molecule has 3 aromatic rings. The molecule has 39 heavy (non-hydrogen) atoms. The summed E-state index contributed by atoms with van der Waals surface area (Å²) in [4.78, 5) is 11.7. The molecule has 10 heteroatoms. The summed E-state index contributed by atoms with van der Waals surface area (Å²) >= 11 is 0. The minimum atomic E-state index is -0.453. The first kappa shape index (κ1) is 27.0. The van der Waals surface area contributed by atoms with E-state index in [9.17, 15) is 9.50 Å². The van der Waals surface area contributed by atoms with Gasteiger partial charge in [-0.05, 0) is 62.1 Å². The van der Waals surface area contributed by atoms with Crippen LogP contribution in [0.15, 0.2) is 48.5 Å². The van der Waals surface area contributed by atoms with E-state index in [0.717, 1.165) is 62.4 Å². The van der Waals surface area contributed by atoms with Crippen LogP contribution in [0.3, 0.4) is 0 Å². The van der Waals surface area contributed by atoms with Gasteiger partial charge in [-0.3, -0.25) is 0 Å². The third kappa shape index (κ3) is 6.88. The Morgan fingerprint density at radius 1 is 0.872 bits per heavy atom. The van der Waals surface area contributed by atoms with E-state index >= 15 is 0 Å². The van der Waals surface area contributed by atoms with Gasteiger partial charge in [-0.1, -0.05) is 12.8 Å². The van der Waals surface area contributed by atoms with E-state index in [-0.39, 0.29) is 17.9 Å². The number of nitrogens with one attached hydrogen (secondary N) is 3. The summed E-state index contributed by atoms with van der Waals surface area (Å²) in [5, 5.41) is 20.6. The molecule has 5 rings (SSSR count). The van der Waals surface area contributed by atoms with Crippen LogP contribution in [0.4, 0.5) is 33.3 Å². The number of halogens is 1. The molecule has 2 unspecified atom stereocenters. The quantitative estimate of drug-likeness (QED) is 0.301. The predicted octanol–water partition coefficient (Wildman–Crippen LogP) is 4.98. The largest absolute Gasteiger partial charge is 0.497 e. The number of rotatable bonds is 9. The van der Waals surface area contributed by atoms with Crippen LogP contribution in [0, 0.1) is 5.82 Å². The van der Waals surface area contributed by atoms with E-state index < -0.39 is 5.82 Å². The lowest BCUT2D eigenvalue weighted by atomic mass is 9.91. The Labute approximate surface area is 228 Å². The fourth-order valence-electron chi connectivity index (χ4n) is 5.30. The smallest absolute Gasteiger partial charge is 0.231 e. The van der Waals surface area contributed by atoms with Crippen LogP contribution in [0.1, 0.15) is 38.5 Å². The number of hydrogen-bond acceptors (Lipinski definition) is 9. The third-order valence-corrected chi connectivity index (χ3v) is 7.48. The Kier molecular flexibility index (Phi) is 8.63. The van der Waals surface area contributed by atoms with Crippen LogP contribution in [-0.2, 0) is 0 Å². The van der Waals surface area contributed by atoms with Crippen molar-refractivity contribution < 1.29 is 19.0 Å². The van der Waals surface area contributed by atoms with Crippen molar-refractivity contribution in [3.63, 3.8) is 0 Å². The Balaban J connectivity index is 1.33. The van der Waals surface area contributed by atoms with Crippen molar-refractivity contribution in [1.82, 2.24) is 15.3 Å². The zero-order valence-corrected chi connectivity index (χ0v) is 22.5. The topological polar surface area (TPSA) is 104 Å². The first-order chi connectivity index (χ1) is 19.0. The lowest BCUT2D eigenvalue weighted by molar-refractivity contribution is 0.0828. The molecule has 9 nitrogen and oxygen atoms in total. The lowest BCUT2D eigenvalue weighted by Crippen LogP contribution is -2.51. The highest BCUT2D eigenvalue weighted by Gasteiger charge is 2.28. The molecule has 2 aromatic carbocycles. The van der Waals surface area contributed by atoms with Gasteiger partial charge in [0.15, 0.2) is 11.6 Å². The second-order valence-corrected chi connectivity index (χ2v) is 10.1. The van der Waals surface area contributed by atoms with Crippen LogP contribution in [0.25, 0.3) is 0 Å². The van der Waals surface area contributed by atoms with Gasteiger partial charge in [-0.25, -0.2) is 4.39 Å². The molecule has 1 aliphatic carbocycles. The Hall–Kier alpha value is -3.63. The number of aliphatic hydroxyl groups excluding tert-OH is 1. The SMILES string of the molecule is COc1ccc(Nc2nc(Nc3ccc(OC)c(F)c3)cc(N3CCC(NC4CCCCC4O)CC3)n2)cc1. The summed E-state index contributed by atoms with van der Waals surface area (Å²) in [5.41, 5.74) is 1.38. The number of hydrogen-bond donors (Lipinski definition) is 4. The third-order valence-electron chi connectivity index (χ3n) is 7.48. The van der Waals surface area contributed by atoms with E-state index in [1.54, 1.807) is 19.2 Å². The standard InChI is InChI=1S/C29H37FN6O3/c1-38-22-10-7-19(8-11-22)33-29-34-27(32-21-9-12-26(39-2)23(30)17-21)18-28(35-29)36-15-13-20(14-16-36)31-24-5-3-4-6-25(24)37/h7-12,17-18,20,24-25,31,37H,3-6,13-16H2,1-2H3,(H2,32,33,34,35). The van der Waals surface area contributed by atoms with Gasteiger partial charge in [0.25, 0.3) is 0 Å². The van der Waals surface area contributed by atoms with Crippen LogP contribution < -0.4 is 30.3 Å². The summed E-state index contributed by atoms with van der Waals surface area (Å²) in [6.45, 7) is 1.66. The Morgan fingerprint density at radius 2 is 1.62 bits per heavy atom. The van der Waals surface area contributed by atoms with Gasteiger partial charge in [0.2, 0.25) is 5.95 Å². The fraction of sp³-hybridized carbons (Fsp3) is 0.448. The van der Waals surface area contributed by atoms with Crippen LogP contribution >= 0.6 is 0 Å². The number of piperidine rings is 1. The first-order valence-corrected chi connectivity index (χ1v) is 13.6. The highest BCUT2D eigenvalue weighted by atomic mass is 19.1. The molecule has 1 aliphatic heterocycles. The monoisotopic (exact) mass is 536 g/mol. The molecule has 2 atom stereocenters. The molecule has 1 saturated carbocycles. The van der Waals surface area contributed by atoms with Crippen LogP contribution in [0.2, 0.25) is 0 Å².